The summed E-state index contributed by atoms with van der Waals surface area (Å²) in [4.78, 5) is 33.5. The lowest BCUT2D eigenvalue weighted by molar-refractivity contribution is 0.0730. The van der Waals surface area contributed by atoms with Gasteiger partial charge in [-0.2, -0.15) is 0 Å². The average molecular weight is 443 g/mol. The zero-order chi connectivity index (χ0) is 22.8. The molecule has 1 fully saturated rings. The quantitative estimate of drug-likeness (QED) is 0.507. The van der Waals surface area contributed by atoms with E-state index >= 15 is 0 Å². The predicted octanol–water partition coefficient (Wildman–Crippen LogP) is 3.69. The molecule has 0 spiro atoms. The fourth-order valence-electron chi connectivity index (χ4n) is 4.09. The largest absolute Gasteiger partial charge is 0.378 e. The molecule has 4 aromatic rings. The third kappa shape index (κ3) is 4.17. The van der Waals surface area contributed by atoms with E-state index in [1.54, 1.807) is 24.3 Å². The standard InChI is InChI=1S/C25H26N6O2/c1-17(18-6-4-3-5-7-18)30(2)25(32)24-26-13-19(14-27-24)22-16-29-23-21(22)12-20(15-28-23)31-8-10-33-11-9-31/h3-7,12-17H,8-11H2,1-2H3,(H,28,29)/t17-/m1/s1. The monoisotopic (exact) mass is 442 g/mol. The lowest BCUT2D eigenvalue weighted by Gasteiger charge is -2.28. The van der Waals surface area contributed by atoms with E-state index < -0.39 is 0 Å². The van der Waals surface area contributed by atoms with E-state index in [1.807, 2.05) is 49.6 Å². The molecule has 1 aliphatic heterocycles. The molecule has 0 saturated carbocycles. The first-order valence-corrected chi connectivity index (χ1v) is 11.1. The second-order valence-electron chi connectivity index (χ2n) is 8.19. The van der Waals surface area contributed by atoms with Crippen molar-refractivity contribution in [2.24, 2.45) is 0 Å². The molecule has 8 heteroatoms. The Morgan fingerprint density at radius 3 is 2.55 bits per heavy atom. The maximum Gasteiger partial charge on any atom is 0.291 e. The Bertz CT molecular complexity index is 1250. The molecule has 1 aromatic carbocycles. The molecular formula is C25H26N6O2. The Kier molecular flexibility index (Phi) is 5.75. The number of nitrogens with one attached hydrogen (secondary N) is 1. The van der Waals surface area contributed by atoms with Gasteiger partial charge < -0.3 is 19.5 Å². The first-order chi connectivity index (χ1) is 16.1. The number of carbonyl (C=O) groups excluding carboxylic acids is 1. The number of anilines is 1. The molecule has 1 atom stereocenters. The van der Waals surface area contributed by atoms with Crippen LogP contribution in [0.15, 0.2) is 61.2 Å². The first kappa shape index (κ1) is 21.1. The van der Waals surface area contributed by atoms with Crippen LogP contribution >= 0.6 is 0 Å². The molecule has 0 aliphatic carbocycles. The Balaban J connectivity index is 1.38. The van der Waals surface area contributed by atoms with Crippen LogP contribution in [0.1, 0.15) is 29.1 Å². The van der Waals surface area contributed by atoms with Crippen molar-refractivity contribution in [3.8, 4) is 11.1 Å². The van der Waals surface area contributed by atoms with E-state index in [4.69, 9.17) is 4.74 Å². The van der Waals surface area contributed by atoms with Gasteiger partial charge in [0.1, 0.15) is 5.65 Å². The summed E-state index contributed by atoms with van der Waals surface area (Å²) in [6, 6.07) is 12.0. The summed E-state index contributed by atoms with van der Waals surface area (Å²) in [6.45, 7) is 5.13. The lowest BCUT2D eigenvalue weighted by atomic mass is 10.1. The second-order valence-corrected chi connectivity index (χ2v) is 8.19. The summed E-state index contributed by atoms with van der Waals surface area (Å²) in [6.07, 6.45) is 7.19. The zero-order valence-electron chi connectivity index (χ0n) is 18.7. The number of benzene rings is 1. The molecule has 5 rings (SSSR count). The summed E-state index contributed by atoms with van der Waals surface area (Å²) < 4.78 is 5.46. The maximum absolute atomic E-state index is 13.0. The molecule has 1 amide bonds. The minimum absolute atomic E-state index is 0.0831. The van der Waals surface area contributed by atoms with Crippen LogP contribution in [0.4, 0.5) is 5.69 Å². The van der Waals surface area contributed by atoms with Crippen LogP contribution in [0.5, 0.6) is 0 Å². The van der Waals surface area contributed by atoms with Crippen LogP contribution in [0.25, 0.3) is 22.2 Å². The van der Waals surface area contributed by atoms with Crippen LogP contribution < -0.4 is 4.90 Å². The van der Waals surface area contributed by atoms with Crippen molar-refractivity contribution in [3.05, 3.63) is 72.6 Å². The van der Waals surface area contributed by atoms with Gasteiger partial charge in [0.15, 0.2) is 0 Å². The SMILES string of the molecule is C[C@H](c1ccccc1)N(C)C(=O)c1ncc(-c2c[nH]c3ncc(N4CCOCC4)cc23)cn1. The van der Waals surface area contributed by atoms with Gasteiger partial charge in [-0.3, -0.25) is 4.79 Å². The van der Waals surface area contributed by atoms with Gasteiger partial charge in [0.2, 0.25) is 5.82 Å². The number of morpholine rings is 1. The molecule has 33 heavy (non-hydrogen) atoms. The molecule has 0 bridgehead atoms. The van der Waals surface area contributed by atoms with Crippen molar-refractivity contribution in [2.75, 3.05) is 38.3 Å². The van der Waals surface area contributed by atoms with Gasteiger partial charge in [-0.1, -0.05) is 30.3 Å². The molecular weight excluding hydrogens is 416 g/mol. The number of hydrogen-bond acceptors (Lipinski definition) is 6. The van der Waals surface area contributed by atoms with E-state index in [0.29, 0.717) is 0 Å². The van der Waals surface area contributed by atoms with Gasteiger partial charge in [-0.15, -0.1) is 0 Å². The Labute approximate surface area is 192 Å². The van der Waals surface area contributed by atoms with Crippen molar-refractivity contribution in [2.45, 2.75) is 13.0 Å². The summed E-state index contributed by atoms with van der Waals surface area (Å²) >= 11 is 0. The van der Waals surface area contributed by atoms with Crippen molar-refractivity contribution in [3.63, 3.8) is 0 Å². The molecule has 3 aromatic heterocycles. The van der Waals surface area contributed by atoms with Crippen LogP contribution in [-0.4, -0.2) is 64.1 Å². The highest BCUT2D eigenvalue weighted by atomic mass is 16.5. The van der Waals surface area contributed by atoms with Crippen molar-refractivity contribution >= 4 is 22.6 Å². The van der Waals surface area contributed by atoms with Crippen LogP contribution in [0.2, 0.25) is 0 Å². The van der Waals surface area contributed by atoms with E-state index in [1.165, 1.54) is 0 Å². The molecule has 1 aliphatic rings. The summed E-state index contributed by atoms with van der Waals surface area (Å²) in [7, 11) is 1.77. The van der Waals surface area contributed by atoms with E-state index in [-0.39, 0.29) is 17.8 Å². The third-order valence-corrected chi connectivity index (χ3v) is 6.23. The Morgan fingerprint density at radius 2 is 1.82 bits per heavy atom. The molecule has 168 valence electrons. The van der Waals surface area contributed by atoms with Crippen LogP contribution in [0, 0.1) is 0 Å². The molecule has 1 saturated heterocycles. The van der Waals surface area contributed by atoms with Gasteiger partial charge >= 0.3 is 0 Å². The normalized spacial score (nSPS) is 14.9. The van der Waals surface area contributed by atoms with Crippen molar-refractivity contribution in [1.82, 2.24) is 24.8 Å². The topological polar surface area (TPSA) is 87.2 Å². The highest BCUT2D eigenvalue weighted by molar-refractivity contribution is 5.95. The highest BCUT2D eigenvalue weighted by Crippen LogP contribution is 2.30. The number of H-pyrrole nitrogens is 1. The lowest BCUT2D eigenvalue weighted by Crippen LogP contribution is -2.36. The van der Waals surface area contributed by atoms with Gasteiger partial charge in [0, 0.05) is 55.2 Å². The molecule has 0 unspecified atom stereocenters. The summed E-state index contributed by atoms with van der Waals surface area (Å²) in [5.41, 5.74) is 4.72. The minimum atomic E-state index is -0.215. The van der Waals surface area contributed by atoms with E-state index in [9.17, 15) is 4.79 Å². The fraction of sp³-hybridized carbons (Fsp3) is 0.280. The number of pyridine rings is 1. The maximum atomic E-state index is 13.0. The van der Waals surface area contributed by atoms with Crippen LogP contribution in [-0.2, 0) is 4.74 Å². The first-order valence-electron chi connectivity index (χ1n) is 11.1. The highest BCUT2D eigenvalue weighted by Gasteiger charge is 2.21. The van der Waals surface area contributed by atoms with Gasteiger partial charge in [0.05, 0.1) is 31.1 Å². The third-order valence-electron chi connectivity index (χ3n) is 6.23. The van der Waals surface area contributed by atoms with E-state index in [2.05, 4.69) is 30.9 Å². The number of hydrogen-bond donors (Lipinski definition) is 1. The molecule has 1 N–H and O–H groups in total. The Hall–Kier alpha value is -3.78. The van der Waals surface area contributed by atoms with E-state index in [0.717, 1.165) is 59.7 Å². The molecule has 8 nitrogen and oxygen atoms in total. The van der Waals surface area contributed by atoms with Crippen molar-refractivity contribution in [1.29, 1.82) is 0 Å². The van der Waals surface area contributed by atoms with Gasteiger partial charge in [0.25, 0.3) is 5.91 Å². The smallest absolute Gasteiger partial charge is 0.291 e. The molecule has 0 radical (unpaired) electrons. The fourth-order valence-corrected chi connectivity index (χ4v) is 4.09. The number of nitrogens with zero attached hydrogens (tertiary/aromatic N) is 5. The minimum Gasteiger partial charge on any atom is -0.378 e. The number of ether oxygens (including phenoxy) is 1. The van der Waals surface area contributed by atoms with Gasteiger partial charge in [-0.25, -0.2) is 15.0 Å². The molecule has 4 heterocycles. The van der Waals surface area contributed by atoms with Gasteiger partial charge in [-0.05, 0) is 18.6 Å². The predicted molar refractivity (Wildman–Crippen MR) is 127 cm³/mol. The number of aromatic amines is 1. The Morgan fingerprint density at radius 1 is 1.09 bits per heavy atom. The summed E-state index contributed by atoms with van der Waals surface area (Å²) in [5.74, 6) is -0.0379. The number of carbonyl (C=O) groups is 1. The number of aromatic nitrogens is 4. The number of amides is 1. The number of fused-ring (bicyclic) bond motifs is 1. The van der Waals surface area contributed by atoms with Crippen LogP contribution in [0.3, 0.4) is 0 Å². The van der Waals surface area contributed by atoms with Crippen molar-refractivity contribution < 1.29 is 9.53 Å². The number of rotatable bonds is 5. The average Bonchev–Trinajstić information content (AvgIpc) is 3.32. The summed E-state index contributed by atoms with van der Waals surface area (Å²) in [5, 5.41) is 0.997. The second kappa shape index (κ2) is 8.99. The zero-order valence-corrected chi connectivity index (χ0v) is 18.7.